The van der Waals surface area contributed by atoms with Crippen molar-refractivity contribution in [2.75, 3.05) is 45.2 Å². The number of aromatic nitrogens is 1. The molecular weight excluding hydrogens is 418 g/mol. The van der Waals surface area contributed by atoms with Gasteiger partial charge in [0, 0.05) is 38.0 Å². The van der Waals surface area contributed by atoms with Gasteiger partial charge in [-0.05, 0) is 49.4 Å². The van der Waals surface area contributed by atoms with Crippen molar-refractivity contribution in [3.63, 3.8) is 0 Å². The minimum atomic E-state index is -3.80. The first-order chi connectivity index (χ1) is 14.9. The van der Waals surface area contributed by atoms with Gasteiger partial charge in [-0.2, -0.15) is 0 Å². The zero-order chi connectivity index (χ0) is 21.8. The molecule has 8 nitrogen and oxygen atoms in total. The number of ether oxygens (including phenoxy) is 3. The van der Waals surface area contributed by atoms with Crippen molar-refractivity contribution in [3.05, 3.63) is 41.6 Å². The Kier molecular flexibility index (Phi) is 6.64. The fraction of sp³-hybridized carbons (Fsp3) is 0.500. The van der Waals surface area contributed by atoms with Gasteiger partial charge in [0.15, 0.2) is 0 Å². The van der Waals surface area contributed by atoms with Gasteiger partial charge in [0.2, 0.25) is 5.88 Å². The SMILES string of the molecule is COc1nc2c(cc1NS(=O)(=O)c1ccc(OC3CCOCC3)cc1)CCN(C)CC2. The van der Waals surface area contributed by atoms with Crippen LogP contribution in [0.1, 0.15) is 24.1 Å². The van der Waals surface area contributed by atoms with Gasteiger partial charge < -0.3 is 19.1 Å². The second kappa shape index (κ2) is 9.42. The third-order valence-corrected chi connectivity index (χ3v) is 7.07. The van der Waals surface area contributed by atoms with Gasteiger partial charge in [0.05, 0.1) is 25.2 Å². The van der Waals surface area contributed by atoms with Gasteiger partial charge in [0.1, 0.15) is 17.5 Å². The maximum Gasteiger partial charge on any atom is 0.262 e. The van der Waals surface area contributed by atoms with Crippen molar-refractivity contribution in [2.24, 2.45) is 0 Å². The van der Waals surface area contributed by atoms with Crippen LogP contribution in [0.2, 0.25) is 0 Å². The molecule has 4 rings (SSSR count). The predicted molar refractivity (Wildman–Crippen MR) is 117 cm³/mol. The summed E-state index contributed by atoms with van der Waals surface area (Å²) < 4.78 is 45.3. The Morgan fingerprint density at radius 1 is 1.13 bits per heavy atom. The zero-order valence-corrected chi connectivity index (χ0v) is 18.8. The Bertz CT molecular complexity index is 1000. The van der Waals surface area contributed by atoms with Gasteiger partial charge in [-0.15, -0.1) is 0 Å². The van der Waals surface area contributed by atoms with Crippen molar-refractivity contribution in [2.45, 2.75) is 36.7 Å². The summed E-state index contributed by atoms with van der Waals surface area (Å²) in [7, 11) is -0.229. The van der Waals surface area contributed by atoms with Crippen molar-refractivity contribution in [3.8, 4) is 11.6 Å². The van der Waals surface area contributed by atoms with E-state index in [0.29, 0.717) is 24.7 Å². The molecule has 1 saturated heterocycles. The highest BCUT2D eigenvalue weighted by Gasteiger charge is 2.22. The Morgan fingerprint density at radius 2 is 1.84 bits per heavy atom. The Balaban J connectivity index is 1.51. The summed E-state index contributed by atoms with van der Waals surface area (Å²) >= 11 is 0. The lowest BCUT2D eigenvalue weighted by molar-refractivity contribution is 0.0255. The van der Waals surface area contributed by atoms with Crippen LogP contribution in [0, 0.1) is 0 Å². The third-order valence-electron chi connectivity index (χ3n) is 5.69. The molecular formula is C22H29N3O5S. The van der Waals surface area contributed by atoms with Gasteiger partial charge >= 0.3 is 0 Å². The summed E-state index contributed by atoms with van der Waals surface area (Å²) in [6.07, 6.45) is 3.40. The average Bonchev–Trinajstić information content (AvgIpc) is 2.95. The molecule has 0 aliphatic carbocycles. The number of methoxy groups -OCH3 is 1. The molecule has 1 aromatic heterocycles. The summed E-state index contributed by atoms with van der Waals surface area (Å²) in [6.45, 7) is 3.19. The van der Waals surface area contributed by atoms with Crippen LogP contribution in [0.4, 0.5) is 5.69 Å². The quantitative estimate of drug-likeness (QED) is 0.728. The van der Waals surface area contributed by atoms with E-state index in [-0.39, 0.29) is 16.9 Å². The molecule has 0 amide bonds. The van der Waals surface area contributed by atoms with Crippen LogP contribution in [-0.4, -0.2) is 64.9 Å². The zero-order valence-electron chi connectivity index (χ0n) is 18.0. The minimum Gasteiger partial charge on any atom is -0.490 e. The number of rotatable bonds is 6. The first-order valence-electron chi connectivity index (χ1n) is 10.6. The molecule has 0 atom stereocenters. The van der Waals surface area contributed by atoms with Crippen LogP contribution in [0.25, 0.3) is 0 Å². The highest BCUT2D eigenvalue weighted by Crippen LogP contribution is 2.30. The number of pyridine rings is 1. The second-order valence-electron chi connectivity index (χ2n) is 7.96. The Hall–Kier alpha value is -2.36. The number of anilines is 1. The van der Waals surface area contributed by atoms with Crippen LogP contribution < -0.4 is 14.2 Å². The molecule has 1 N–H and O–H groups in total. The summed E-state index contributed by atoms with van der Waals surface area (Å²) in [5.74, 6) is 0.936. The highest BCUT2D eigenvalue weighted by atomic mass is 32.2. The standard InChI is InChI=1S/C22H29N3O5S/c1-25-11-7-16-15-21(22(28-2)23-20(16)8-12-25)24-31(26,27)19-5-3-17(4-6-19)30-18-9-13-29-14-10-18/h3-6,15,18,24H,7-14H2,1-2H3. The molecule has 1 aromatic carbocycles. The predicted octanol–water partition coefficient (Wildman–Crippen LogP) is 2.48. The van der Waals surface area contributed by atoms with Crippen molar-refractivity contribution < 1.29 is 22.6 Å². The van der Waals surface area contributed by atoms with Crippen molar-refractivity contribution in [1.29, 1.82) is 0 Å². The fourth-order valence-electron chi connectivity index (χ4n) is 3.84. The third kappa shape index (κ3) is 5.28. The number of hydrogen-bond donors (Lipinski definition) is 1. The lowest BCUT2D eigenvalue weighted by Crippen LogP contribution is -2.25. The molecule has 0 spiro atoms. The lowest BCUT2D eigenvalue weighted by Gasteiger charge is -2.23. The van der Waals surface area contributed by atoms with Crippen LogP contribution in [0.15, 0.2) is 35.2 Å². The molecule has 0 bridgehead atoms. The highest BCUT2D eigenvalue weighted by molar-refractivity contribution is 7.92. The minimum absolute atomic E-state index is 0.100. The lowest BCUT2D eigenvalue weighted by atomic mass is 10.1. The van der Waals surface area contributed by atoms with Crippen LogP contribution >= 0.6 is 0 Å². The van der Waals surface area contributed by atoms with E-state index >= 15 is 0 Å². The topological polar surface area (TPSA) is 90.0 Å². The van der Waals surface area contributed by atoms with E-state index < -0.39 is 10.0 Å². The molecule has 0 unspecified atom stereocenters. The number of nitrogens with zero attached hydrogens (tertiary/aromatic N) is 2. The maximum absolute atomic E-state index is 13.0. The number of sulfonamides is 1. The van der Waals surface area contributed by atoms with Gasteiger partial charge in [-0.3, -0.25) is 4.72 Å². The smallest absolute Gasteiger partial charge is 0.262 e. The molecule has 9 heteroatoms. The second-order valence-corrected chi connectivity index (χ2v) is 9.64. The number of nitrogens with one attached hydrogen (secondary N) is 1. The van der Waals surface area contributed by atoms with Gasteiger partial charge in [-0.1, -0.05) is 0 Å². The van der Waals surface area contributed by atoms with Crippen LogP contribution in [-0.2, 0) is 27.6 Å². The summed E-state index contributed by atoms with van der Waals surface area (Å²) in [5.41, 5.74) is 2.36. The van der Waals surface area contributed by atoms with E-state index in [1.807, 2.05) is 6.07 Å². The van der Waals surface area contributed by atoms with E-state index in [1.54, 1.807) is 24.3 Å². The molecule has 2 aliphatic heterocycles. The molecule has 168 valence electrons. The molecule has 31 heavy (non-hydrogen) atoms. The molecule has 1 fully saturated rings. The molecule has 0 radical (unpaired) electrons. The summed E-state index contributed by atoms with van der Waals surface area (Å²) in [6, 6.07) is 8.32. The van der Waals surface area contributed by atoms with E-state index in [0.717, 1.165) is 50.0 Å². The molecule has 3 heterocycles. The average molecular weight is 448 g/mol. The van der Waals surface area contributed by atoms with Crippen LogP contribution in [0.5, 0.6) is 11.6 Å². The maximum atomic E-state index is 13.0. The van der Waals surface area contributed by atoms with E-state index in [1.165, 1.54) is 7.11 Å². The number of hydrogen-bond acceptors (Lipinski definition) is 7. The first kappa shape index (κ1) is 21.9. The van der Waals surface area contributed by atoms with E-state index in [2.05, 4.69) is 21.7 Å². The largest absolute Gasteiger partial charge is 0.490 e. The van der Waals surface area contributed by atoms with Crippen molar-refractivity contribution in [1.82, 2.24) is 9.88 Å². The number of likely N-dealkylation sites (N-methyl/N-ethyl adjacent to an activating group) is 1. The number of fused-ring (bicyclic) bond motifs is 1. The Morgan fingerprint density at radius 3 is 2.55 bits per heavy atom. The first-order valence-corrected chi connectivity index (χ1v) is 12.1. The van der Waals surface area contributed by atoms with E-state index in [4.69, 9.17) is 14.2 Å². The van der Waals surface area contributed by atoms with Gasteiger partial charge in [-0.25, -0.2) is 13.4 Å². The monoisotopic (exact) mass is 447 g/mol. The summed E-state index contributed by atoms with van der Waals surface area (Å²) in [4.78, 5) is 6.97. The normalized spacial score (nSPS) is 18.1. The number of benzene rings is 1. The molecule has 0 saturated carbocycles. The molecule has 2 aromatic rings. The molecule has 2 aliphatic rings. The summed E-state index contributed by atoms with van der Waals surface area (Å²) in [5, 5.41) is 0. The van der Waals surface area contributed by atoms with Gasteiger partial charge in [0.25, 0.3) is 10.0 Å². The fourth-order valence-corrected chi connectivity index (χ4v) is 4.89. The Labute approximate surface area is 183 Å². The van der Waals surface area contributed by atoms with E-state index in [9.17, 15) is 8.42 Å². The van der Waals surface area contributed by atoms with Crippen molar-refractivity contribution >= 4 is 15.7 Å². The van der Waals surface area contributed by atoms with Crippen LogP contribution in [0.3, 0.4) is 0 Å².